The summed E-state index contributed by atoms with van der Waals surface area (Å²) in [5.41, 5.74) is -1.17. The van der Waals surface area contributed by atoms with E-state index in [0.717, 1.165) is 18.2 Å². The molecule has 0 amide bonds. The van der Waals surface area contributed by atoms with Crippen molar-refractivity contribution in [1.82, 2.24) is 4.72 Å². The molecule has 0 saturated carbocycles. The first-order valence-electron chi connectivity index (χ1n) is 7.18. The highest BCUT2D eigenvalue weighted by Gasteiger charge is 2.37. The summed E-state index contributed by atoms with van der Waals surface area (Å²) < 4.78 is 84.9. The number of benzene rings is 2. The quantitative estimate of drug-likeness (QED) is 0.734. The Kier molecular flexibility index (Phi) is 5.84. The Morgan fingerprint density at radius 1 is 1.15 bits per heavy atom. The van der Waals surface area contributed by atoms with Crippen molar-refractivity contribution in [1.29, 1.82) is 0 Å². The average Bonchev–Trinajstić information content (AvgIpc) is 2.53. The molecular formula is C16H14ClF4NO3S. The first-order valence-corrected chi connectivity index (χ1v) is 9.04. The molecule has 0 aliphatic carbocycles. The summed E-state index contributed by atoms with van der Waals surface area (Å²) in [5.74, 6) is -0.764. The molecule has 0 saturated heterocycles. The predicted octanol–water partition coefficient (Wildman–Crippen LogP) is 4.55. The van der Waals surface area contributed by atoms with E-state index in [9.17, 15) is 26.0 Å². The van der Waals surface area contributed by atoms with Crippen LogP contribution in [0.25, 0.3) is 0 Å². The van der Waals surface area contributed by atoms with Crippen molar-refractivity contribution in [2.24, 2.45) is 0 Å². The van der Waals surface area contributed by atoms with E-state index in [1.165, 1.54) is 26.2 Å². The van der Waals surface area contributed by atoms with E-state index in [0.29, 0.717) is 6.07 Å². The number of rotatable bonds is 5. The second-order valence-corrected chi connectivity index (χ2v) is 7.49. The number of hydrogen-bond donors (Lipinski definition) is 1. The van der Waals surface area contributed by atoms with Gasteiger partial charge in [0.2, 0.25) is 10.0 Å². The van der Waals surface area contributed by atoms with Gasteiger partial charge in [0.15, 0.2) is 11.6 Å². The van der Waals surface area contributed by atoms with Crippen LogP contribution < -0.4 is 9.46 Å². The Bertz CT molecular complexity index is 916. The number of halogens is 5. The molecule has 0 radical (unpaired) electrons. The molecule has 0 aliphatic rings. The smallest absolute Gasteiger partial charge is 0.417 e. The van der Waals surface area contributed by atoms with Gasteiger partial charge >= 0.3 is 6.18 Å². The van der Waals surface area contributed by atoms with Crippen molar-refractivity contribution in [2.75, 3.05) is 7.11 Å². The largest absolute Gasteiger partial charge is 0.494 e. The van der Waals surface area contributed by atoms with E-state index in [1.807, 2.05) is 0 Å². The summed E-state index contributed by atoms with van der Waals surface area (Å²) in [4.78, 5) is -0.963. The summed E-state index contributed by atoms with van der Waals surface area (Å²) in [5, 5.41) is -0.249. The minimum absolute atomic E-state index is 0.0409. The van der Waals surface area contributed by atoms with Crippen molar-refractivity contribution in [2.45, 2.75) is 24.0 Å². The zero-order chi connectivity index (χ0) is 19.7. The van der Waals surface area contributed by atoms with E-state index >= 15 is 0 Å². The summed E-state index contributed by atoms with van der Waals surface area (Å²) >= 11 is 5.55. The van der Waals surface area contributed by atoms with Gasteiger partial charge in [0.1, 0.15) is 0 Å². The Morgan fingerprint density at radius 3 is 2.35 bits per heavy atom. The van der Waals surface area contributed by atoms with Gasteiger partial charge < -0.3 is 4.74 Å². The number of ether oxygens (including phenoxy) is 1. The van der Waals surface area contributed by atoms with Gasteiger partial charge in [0.25, 0.3) is 0 Å². The van der Waals surface area contributed by atoms with Gasteiger partial charge in [-0.25, -0.2) is 17.5 Å². The van der Waals surface area contributed by atoms with Gasteiger partial charge in [-0.1, -0.05) is 17.7 Å². The molecule has 1 atom stereocenters. The van der Waals surface area contributed by atoms with Crippen LogP contribution in [0, 0.1) is 5.82 Å². The third-order valence-electron chi connectivity index (χ3n) is 3.54. The van der Waals surface area contributed by atoms with Crippen molar-refractivity contribution >= 4 is 21.6 Å². The topological polar surface area (TPSA) is 55.4 Å². The molecule has 0 bridgehead atoms. The van der Waals surface area contributed by atoms with Crippen molar-refractivity contribution in [3.05, 3.63) is 58.4 Å². The summed E-state index contributed by atoms with van der Waals surface area (Å²) in [7, 11) is -3.28. The van der Waals surface area contributed by atoms with Crippen LogP contribution >= 0.6 is 11.6 Å². The van der Waals surface area contributed by atoms with E-state index in [4.69, 9.17) is 16.3 Å². The molecule has 2 aromatic rings. The zero-order valence-electron chi connectivity index (χ0n) is 13.6. The number of sulfonamides is 1. The third-order valence-corrected chi connectivity index (χ3v) is 5.38. The van der Waals surface area contributed by atoms with Crippen LogP contribution in [-0.4, -0.2) is 15.5 Å². The molecule has 0 aromatic heterocycles. The fourth-order valence-electron chi connectivity index (χ4n) is 2.27. The minimum atomic E-state index is -4.91. The van der Waals surface area contributed by atoms with Crippen LogP contribution in [0.15, 0.2) is 41.3 Å². The molecule has 26 heavy (non-hydrogen) atoms. The molecule has 2 aromatic carbocycles. The maximum atomic E-state index is 13.8. The highest BCUT2D eigenvalue weighted by Crippen LogP contribution is 2.36. The number of nitrogens with one attached hydrogen (secondary N) is 1. The van der Waals surface area contributed by atoms with Crippen molar-refractivity contribution < 1.29 is 30.7 Å². The Morgan fingerprint density at radius 2 is 1.81 bits per heavy atom. The van der Waals surface area contributed by atoms with Crippen LogP contribution in [0.3, 0.4) is 0 Å². The summed E-state index contributed by atoms with van der Waals surface area (Å²) in [6.45, 7) is 1.38. The van der Waals surface area contributed by atoms with Gasteiger partial charge in [-0.05, 0) is 42.8 Å². The molecule has 0 spiro atoms. The standard InChI is InChI=1S/C16H14ClF4NO3S/c1-9(10-3-5-14(25-2)13(18)7-10)22-26(23,24)15-6-4-11(17)8-12(15)16(19,20)21/h3-9,22H,1-2H3/t9-/m0/s1. The van der Waals surface area contributed by atoms with Gasteiger partial charge in [0.05, 0.1) is 17.6 Å². The lowest BCUT2D eigenvalue weighted by molar-refractivity contribution is -0.139. The first-order chi connectivity index (χ1) is 12.0. The second-order valence-electron chi connectivity index (χ2n) is 5.38. The Balaban J connectivity index is 2.39. The van der Waals surface area contributed by atoms with Gasteiger partial charge in [0, 0.05) is 11.1 Å². The molecule has 4 nitrogen and oxygen atoms in total. The van der Waals surface area contributed by atoms with E-state index in [2.05, 4.69) is 4.72 Å². The van der Waals surface area contributed by atoms with E-state index < -0.39 is 38.5 Å². The molecule has 0 heterocycles. The maximum absolute atomic E-state index is 13.8. The number of methoxy groups -OCH3 is 1. The van der Waals surface area contributed by atoms with Crippen molar-refractivity contribution in [3.8, 4) is 5.75 Å². The number of alkyl halides is 3. The fourth-order valence-corrected chi connectivity index (χ4v) is 3.89. The van der Waals surface area contributed by atoms with Gasteiger partial charge in [-0.3, -0.25) is 0 Å². The molecule has 0 fully saturated rings. The average molecular weight is 412 g/mol. The zero-order valence-corrected chi connectivity index (χ0v) is 15.1. The Labute approximate surface area is 152 Å². The number of hydrogen-bond acceptors (Lipinski definition) is 3. The van der Waals surface area contributed by atoms with Crippen LogP contribution in [-0.2, 0) is 16.2 Å². The SMILES string of the molecule is COc1ccc([C@H](C)NS(=O)(=O)c2ccc(Cl)cc2C(F)(F)F)cc1F. The predicted molar refractivity (Wildman–Crippen MR) is 88.1 cm³/mol. The lowest BCUT2D eigenvalue weighted by Crippen LogP contribution is -2.29. The fraction of sp³-hybridized carbons (Fsp3) is 0.250. The van der Waals surface area contributed by atoms with Crippen LogP contribution in [0.2, 0.25) is 5.02 Å². The van der Waals surface area contributed by atoms with Crippen LogP contribution in [0.1, 0.15) is 24.1 Å². The lowest BCUT2D eigenvalue weighted by Gasteiger charge is -2.18. The summed E-state index contributed by atoms with van der Waals surface area (Å²) in [6.07, 6.45) is -4.91. The Hall–Kier alpha value is -1.84. The third kappa shape index (κ3) is 4.46. The lowest BCUT2D eigenvalue weighted by atomic mass is 10.1. The van der Waals surface area contributed by atoms with Crippen LogP contribution in [0.5, 0.6) is 5.75 Å². The van der Waals surface area contributed by atoms with Crippen molar-refractivity contribution in [3.63, 3.8) is 0 Å². The van der Waals surface area contributed by atoms with Crippen LogP contribution in [0.4, 0.5) is 17.6 Å². The van der Waals surface area contributed by atoms with E-state index in [-0.39, 0.29) is 16.3 Å². The maximum Gasteiger partial charge on any atom is 0.417 e. The molecule has 142 valence electrons. The van der Waals surface area contributed by atoms with Gasteiger partial charge in [-0.15, -0.1) is 0 Å². The van der Waals surface area contributed by atoms with Gasteiger partial charge in [-0.2, -0.15) is 13.2 Å². The minimum Gasteiger partial charge on any atom is -0.494 e. The molecule has 0 unspecified atom stereocenters. The monoisotopic (exact) mass is 411 g/mol. The molecular weight excluding hydrogens is 398 g/mol. The second kappa shape index (κ2) is 7.42. The summed E-state index contributed by atoms with van der Waals surface area (Å²) in [6, 6.07) is 5.10. The molecule has 2 rings (SSSR count). The normalized spacial score (nSPS) is 13.5. The highest BCUT2D eigenvalue weighted by molar-refractivity contribution is 7.89. The molecule has 10 heteroatoms. The first kappa shape index (κ1) is 20.5. The molecule has 1 N–H and O–H groups in total. The molecule has 0 aliphatic heterocycles. The van der Waals surface area contributed by atoms with E-state index in [1.54, 1.807) is 0 Å². The highest BCUT2D eigenvalue weighted by atomic mass is 35.5.